The summed E-state index contributed by atoms with van der Waals surface area (Å²) in [4.78, 5) is 12.3. The number of nitrogens with two attached hydrogens (primary N) is 1. The highest BCUT2D eigenvalue weighted by Gasteiger charge is 2.27. The van der Waals surface area contributed by atoms with E-state index in [9.17, 15) is 13.6 Å². The molecule has 24 heavy (non-hydrogen) atoms. The second kappa shape index (κ2) is 9.76. The molecule has 1 aromatic carbocycles. The number of hydrogen-bond donors (Lipinski definition) is 2. The van der Waals surface area contributed by atoms with Crippen molar-refractivity contribution < 1.29 is 23.0 Å². The summed E-state index contributed by atoms with van der Waals surface area (Å²) in [5, 5.41) is 2.83. The van der Waals surface area contributed by atoms with Crippen molar-refractivity contribution in [2.24, 2.45) is 11.7 Å². The molecule has 0 radical (unpaired) electrons. The highest BCUT2D eigenvalue weighted by atomic mass is 35.5. The molecule has 0 aromatic heterocycles. The number of benzene rings is 1. The predicted octanol–water partition coefficient (Wildman–Crippen LogP) is 2.64. The van der Waals surface area contributed by atoms with Gasteiger partial charge in [0, 0.05) is 13.2 Å². The van der Waals surface area contributed by atoms with E-state index in [0.717, 1.165) is 12.8 Å². The quantitative estimate of drug-likeness (QED) is 0.813. The maximum absolute atomic E-state index is 12.3. The fourth-order valence-electron chi connectivity index (χ4n) is 2.64. The van der Waals surface area contributed by atoms with Gasteiger partial charge >= 0.3 is 6.61 Å². The van der Waals surface area contributed by atoms with Crippen LogP contribution in [0.15, 0.2) is 24.3 Å². The number of hydrogen-bond acceptors (Lipinski definition) is 4. The number of amides is 1. The van der Waals surface area contributed by atoms with E-state index in [1.165, 1.54) is 12.1 Å². The maximum atomic E-state index is 12.3. The van der Waals surface area contributed by atoms with Crippen molar-refractivity contribution in [2.45, 2.75) is 38.5 Å². The second-order valence-corrected chi connectivity index (χ2v) is 5.66. The Morgan fingerprint density at radius 1 is 1.38 bits per heavy atom. The highest BCUT2D eigenvalue weighted by molar-refractivity contribution is 5.85. The Bertz CT molecular complexity index is 528. The molecule has 1 fully saturated rings. The van der Waals surface area contributed by atoms with Crippen LogP contribution in [0.3, 0.4) is 0 Å². The van der Waals surface area contributed by atoms with E-state index in [1.54, 1.807) is 19.1 Å². The molecule has 136 valence electrons. The molecule has 0 spiro atoms. The summed E-state index contributed by atoms with van der Waals surface area (Å²) in [7, 11) is 0. The topological polar surface area (TPSA) is 73.6 Å². The molecule has 1 aliphatic rings. The molecule has 1 heterocycles. The third-order valence-corrected chi connectivity index (χ3v) is 4.02. The molecule has 5 nitrogen and oxygen atoms in total. The fraction of sp³-hybridized carbons (Fsp3) is 0.562. The van der Waals surface area contributed by atoms with Crippen LogP contribution in [-0.2, 0) is 9.53 Å². The number of nitrogens with one attached hydrogen (secondary N) is 1. The van der Waals surface area contributed by atoms with Crippen molar-refractivity contribution in [3.8, 4) is 5.75 Å². The average molecular weight is 365 g/mol. The van der Waals surface area contributed by atoms with Gasteiger partial charge in [0.2, 0.25) is 5.91 Å². The molecule has 1 amide bonds. The molecule has 2 atom stereocenters. The van der Waals surface area contributed by atoms with Crippen molar-refractivity contribution >= 4 is 18.3 Å². The van der Waals surface area contributed by atoms with E-state index in [2.05, 4.69) is 10.1 Å². The van der Waals surface area contributed by atoms with Gasteiger partial charge in [-0.1, -0.05) is 12.1 Å². The number of alkyl halides is 2. The molecule has 0 bridgehead atoms. The second-order valence-electron chi connectivity index (χ2n) is 5.66. The van der Waals surface area contributed by atoms with Gasteiger partial charge in [-0.3, -0.25) is 4.79 Å². The Labute approximate surface area is 146 Å². The molecule has 2 unspecified atom stereocenters. The molecule has 1 saturated heterocycles. The van der Waals surface area contributed by atoms with Gasteiger partial charge in [0.1, 0.15) is 5.75 Å². The smallest absolute Gasteiger partial charge is 0.387 e. The SMILES string of the molecule is CC(NC(=O)C(N)C1CCOCC1)c1cccc(OC(F)F)c1.Cl. The first-order chi connectivity index (χ1) is 11.0. The summed E-state index contributed by atoms with van der Waals surface area (Å²) in [5.41, 5.74) is 6.70. The van der Waals surface area contributed by atoms with Crippen molar-refractivity contribution in [2.75, 3.05) is 13.2 Å². The zero-order chi connectivity index (χ0) is 16.8. The summed E-state index contributed by atoms with van der Waals surface area (Å²) in [6.45, 7) is 0.135. The van der Waals surface area contributed by atoms with Crippen molar-refractivity contribution in [3.63, 3.8) is 0 Å². The van der Waals surface area contributed by atoms with Gasteiger partial charge in [0.05, 0.1) is 12.1 Å². The lowest BCUT2D eigenvalue weighted by molar-refractivity contribution is -0.125. The van der Waals surface area contributed by atoms with Gasteiger partial charge in [-0.15, -0.1) is 12.4 Å². The van der Waals surface area contributed by atoms with E-state index in [0.29, 0.717) is 18.8 Å². The largest absolute Gasteiger partial charge is 0.435 e. The van der Waals surface area contributed by atoms with Crippen LogP contribution in [0.25, 0.3) is 0 Å². The van der Waals surface area contributed by atoms with Crippen LogP contribution in [-0.4, -0.2) is 31.8 Å². The Kier molecular flexibility index (Phi) is 8.38. The minimum Gasteiger partial charge on any atom is -0.435 e. The minimum atomic E-state index is -2.88. The van der Waals surface area contributed by atoms with Crippen LogP contribution in [0.4, 0.5) is 8.78 Å². The Morgan fingerprint density at radius 2 is 2.04 bits per heavy atom. The summed E-state index contributed by atoms with van der Waals surface area (Å²) in [5.74, 6) is -0.0821. The number of carbonyl (C=O) groups is 1. The number of rotatable bonds is 6. The molecular weight excluding hydrogens is 342 g/mol. The monoisotopic (exact) mass is 364 g/mol. The van der Waals surface area contributed by atoms with Gasteiger partial charge in [-0.05, 0) is 43.4 Å². The zero-order valence-corrected chi connectivity index (χ0v) is 14.2. The lowest BCUT2D eigenvalue weighted by Gasteiger charge is -2.28. The van der Waals surface area contributed by atoms with Crippen LogP contribution >= 0.6 is 12.4 Å². The molecule has 1 aromatic rings. The summed E-state index contributed by atoms with van der Waals surface area (Å²) >= 11 is 0. The number of halogens is 3. The normalized spacial score (nSPS) is 17.7. The molecule has 8 heteroatoms. The molecule has 0 aliphatic carbocycles. The lowest BCUT2D eigenvalue weighted by Crippen LogP contribution is -2.47. The molecule has 1 aliphatic heterocycles. The predicted molar refractivity (Wildman–Crippen MR) is 88.4 cm³/mol. The van der Waals surface area contributed by atoms with E-state index in [1.807, 2.05) is 0 Å². The fourth-order valence-corrected chi connectivity index (χ4v) is 2.64. The van der Waals surface area contributed by atoms with Crippen LogP contribution in [0.1, 0.15) is 31.4 Å². The van der Waals surface area contributed by atoms with Crippen molar-refractivity contribution in [1.82, 2.24) is 5.32 Å². The van der Waals surface area contributed by atoms with Gasteiger partial charge in [-0.25, -0.2) is 0 Å². The lowest BCUT2D eigenvalue weighted by atomic mass is 9.91. The molecule has 0 saturated carbocycles. The first-order valence-electron chi connectivity index (χ1n) is 7.66. The van der Waals surface area contributed by atoms with Crippen LogP contribution in [0.2, 0.25) is 0 Å². The zero-order valence-electron chi connectivity index (χ0n) is 13.4. The highest BCUT2D eigenvalue weighted by Crippen LogP contribution is 2.22. The minimum absolute atomic E-state index is 0. The Morgan fingerprint density at radius 3 is 2.67 bits per heavy atom. The summed E-state index contributed by atoms with van der Waals surface area (Å²) < 4.78 is 34.1. The van der Waals surface area contributed by atoms with Crippen LogP contribution < -0.4 is 15.8 Å². The third kappa shape index (κ3) is 5.89. The van der Waals surface area contributed by atoms with E-state index in [-0.39, 0.29) is 36.0 Å². The Hall–Kier alpha value is -1.44. The first-order valence-corrected chi connectivity index (χ1v) is 7.66. The van der Waals surface area contributed by atoms with Crippen molar-refractivity contribution in [1.29, 1.82) is 0 Å². The molecular formula is C16H23ClF2N2O3. The summed E-state index contributed by atoms with van der Waals surface area (Å²) in [6, 6.07) is 5.32. The summed E-state index contributed by atoms with van der Waals surface area (Å²) in [6.07, 6.45) is 1.53. The van der Waals surface area contributed by atoms with Crippen LogP contribution in [0.5, 0.6) is 5.75 Å². The average Bonchev–Trinajstić information content (AvgIpc) is 2.54. The van der Waals surface area contributed by atoms with Crippen LogP contribution in [0, 0.1) is 5.92 Å². The van der Waals surface area contributed by atoms with E-state index >= 15 is 0 Å². The van der Waals surface area contributed by atoms with Gasteiger partial charge in [0.15, 0.2) is 0 Å². The maximum Gasteiger partial charge on any atom is 0.387 e. The third-order valence-electron chi connectivity index (χ3n) is 4.02. The molecule has 3 N–H and O–H groups in total. The first kappa shape index (κ1) is 20.6. The van der Waals surface area contributed by atoms with E-state index in [4.69, 9.17) is 10.5 Å². The standard InChI is InChI=1S/C16H22F2N2O3.ClH/c1-10(12-3-2-4-13(9-12)23-16(17)18)20-15(21)14(19)11-5-7-22-8-6-11;/h2-4,9-11,14,16H,5-8,19H2,1H3,(H,20,21);1H. The van der Waals surface area contributed by atoms with E-state index < -0.39 is 12.7 Å². The Balaban J connectivity index is 0.00000288. The number of carbonyl (C=O) groups excluding carboxylic acids is 1. The molecule has 2 rings (SSSR count). The number of ether oxygens (including phenoxy) is 2. The van der Waals surface area contributed by atoms with Gasteiger partial charge < -0.3 is 20.5 Å². The van der Waals surface area contributed by atoms with Gasteiger partial charge in [0.25, 0.3) is 0 Å². The van der Waals surface area contributed by atoms with Crippen molar-refractivity contribution in [3.05, 3.63) is 29.8 Å². The van der Waals surface area contributed by atoms with Gasteiger partial charge in [-0.2, -0.15) is 8.78 Å².